The molecule has 114 valence electrons. The predicted molar refractivity (Wildman–Crippen MR) is 84.5 cm³/mol. The number of rotatable bonds is 1. The molecule has 2 aromatic heterocycles. The normalized spacial score (nSPS) is 12.7. The van der Waals surface area contributed by atoms with Crippen LogP contribution < -0.4 is 15.9 Å². The maximum atomic E-state index is 12.5. The van der Waals surface area contributed by atoms with Gasteiger partial charge < -0.3 is 14.7 Å². The minimum atomic E-state index is -0.298. The SMILES string of the molecule is O=c1[nH]cccc1-c1nc2c(c(=O)[nH]1)Cc1ccccc1OC2. The Morgan fingerprint density at radius 2 is 1.91 bits per heavy atom. The van der Waals surface area contributed by atoms with Crippen LogP contribution in [0.25, 0.3) is 11.4 Å². The van der Waals surface area contributed by atoms with Gasteiger partial charge in [-0.15, -0.1) is 0 Å². The molecular formula is C17H13N3O3. The van der Waals surface area contributed by atoms with Gasteiger partial charge in [-0.1, -0.05) is 18.2 Å². The summed E-state index contributed by atoms with van der Waals surface area (Å²) in [6, 6.07) is 10.9. The van der Waals surface area contributed by atoms with E-state index in [4.69, 9.17) is 4.74 Å². The van der Waals surface area contributed by atoms with E-state index in [0.717, 1.165) is 11.3 Å². The summed E-state index contributed by atoms with van der Waals surface area (Å²) < 4.78 is 5.75. The Morgan fingerprint density at radius 3 is 2.78 bits per heavy atom. The quantitative estimate of drug-likeness (QED) is 0.715. The van der Waals surface area contributed by atoms with Crippen molar-refractivity contribution in [1.82, 2.24) is 15.0 Å². The number of hydrogen-bond acceptors (Lipinski definition) is 4. The van der Waals surface area contributed by atoms with Crippen LogP contribution in [-0.4, -0.2) is 15.0 Å². The van der Waals surface area contributed by atoms with E-state index in [1.54, 1.807) is 12.1 Å². The van der Waals surface area contributed by atoms with Crippen molar-refractivity contribution in [3.8, 4) is 17.1 Å². The Balaban J connectivity index is 1.86. The highest BCUT2D eigenvalue weighted by molar-refractivity contribution is 5.53. The second-order valence-corrected chi connectivity index (χ2v) is 5.33. The molecule has 4 rings (SSSR count). The van der Waals surface area contributed by atoms with Crippen LogP contribution in [0.1, 0.15) is 16.8 Å². The molecule has 0 radical (unpaired) electrons. The fourth-order valence-corrected chi connectivity index (χ4v) is 2.71. The summed E-state index contributed by atoms with van der Waals surface area (Å²) in [6.45, 7) is 0.202. The van der Waals surface area contributed by atoms with Crippen molar-refractivity contribution in [2.45, 2.75) is 13.0 Å². The summed E-state index contributed by atoms with van der Waals surface area (Å²) in [4.78, 5) is 34.1. The highest BCUT2D eigenvalue weighted by Crippen LogP contribution is 2.26. The topological polar surface area (TPSA) is 87.8 Å². The molecule has 0 bridgehead atoms. The number of fused-ring (bicyclic) bond motifs is 2. The van der Waals surface area contributed by atoms with Crippen molar-refractivity contribution in [2.24, 2.45) is 0 Å². The van der Waals surface area contributed by atoms with Crippen molar-refractivity contribution in [3.63, 3.8) is 0 Å². The van der Waals surface area contributed by atoms with Crippen LogP contribution in [0.2, 0.25) is 0 Å². The average molecular weight is 307 g/mol. The summed E-state index contributed by atoms with van der Waals surface area (Å²) in [6.07, 6.45) is 1.99. The molecule has 0 aliphatic carbocycles. The number of pyridine rings is 1. The lowest BCUT2D eigenvalue weighted by atomic mass is 10.0. The van der Waals surface area contributed by atoms with Crippen LogP contribution in [0, 0.1) is 0 Å². The van der Waals surface area contributed by atoms with E-state index in [2.05, 4.69) is 15.0 Å². The smallest absolute Gasteiger partial charge is 0.258 e. The number of nitrogens with zero attached hydrogens (tertiary/aromatic N) is 1. The number of nitrogens with one attached hydrogen (secondary N) is 2. The maximum Gasteiger partial charge on any atom is 0.258 e. The third kappa shape index (κ3) is 2.34. The molecule has 23 heavy (non-hydrogen) atoms. The first kappa shape index (κ1) is 13.5. The first-order valence-electron chi connectivity index (χ1n) is 7.23. The minimum absolute atomic E-state index is 0.202. The molecular weight excluding hydrogens is 294 g/mol. The van der Waals surface area contributed by atoms with Crippen LogP contribution in [0.5, 0.6) is 5.75 Å². The molecule has 0 amide bonds. The monoisotopic (exact) mass is 307 g/mol. The van der Waals surface area contributed by atoms with Crippen LogP contribution in [0.4, 0.5) is 0 Å². The highest BCUT2D eigenvalue weighted by atomic mass is 16.5. The van der Waals surface area contributed by atoms with Crippen LogP contribution in [0.15, 0.2) is 52.2 Å². The van der Waals surface area contributed by atoms with Crippen molar-refractivity contribution in [1.29, 1.82) is 0 Å². The van der Waals surface area contributed by atoms with E-state index in [1.165, 1.54) is 6.20 Å². The summed E-state index contributed by atoms with van der Waals surface area (Å²) in [5, 5.41) is 0. The Labute approximate surface area is 130 Å². The highest BCUT2D eigenvalue weighted by Gasteiger charge is 2.19. The molecule has 0 unspecified atom stereocenters. The van der Waals surface area contributed by atoms with Gasteiger partial charge in [-0.05, 0) is 23.8 Å². The summed E-state index contributed by atoms with van der Waals surface area (Å²) >= 11 is 0. The molecule has 3 aromatic rings. The van der Waals surface area contributed by atoms with Crippen molar-refractivity contribution in [2.75, 3.05) is 0 Å². The Morgan fingerprint density at radius 1 is 1.04 bits per heavy atom. The average Bonchev–Trinajstić information content (AvgIpc) is 2.75. The van der Waals surface area contributed by atoms with E-state index >= 15 is 0 Å². The molecule has 6 heteroatoms. The van der Waals surface area contributed by atoms with E-state index in [-0.39, 0.29) is 23.5 Å². The van der Waals surface area contributed by atoms with Crippen molar-refractivity contribution < 1.29 is 4.74 Å². The van der Waals surface area contributed by atoms with E-state index in [9.17, 15) is 9.59 Å². The molecule has 1 aliphatic rings. The molecule has 0 fully saturated rings. The number of para-hydroxylation sites is 1. The van der Waals surface area contributed by atoms with Gasteiger partial charge in [-0.2, -0.15) is 0 Å². The number of hydrogen-bond donors (Lipinski definition) is 2. The van der Waals surface area contributed by atoms with Gasteiger partial charge >= 0.3 is 0 Å². The molecule has 0 spiro atoms. The van der Waals surface area contributed by atoms with E-state index in [0.29, 0.717) is 23.2 Å². The molecule has 6 nitrogen and oxygen atoms in total. The first-order valence-corrected chi connectivity index (χ1v) is 7.23. The van der Waals surface area contributed by atoms with Crippen molar-refractivity contribution >= 4 is 0 Å². The predicted octanol–water partition coefficient (Wildman–Crippen LogP) is 1.61. The van der Waals surface area contributed by atoms with Crippen LogP contribution >= 0.6 is 0 Å². The lowest BCUT2D eigenvalue weighted by molar-refractivity contribution is 0.302. The minimum Gasteiger partial charge on any atom is -0.487 e. The van der Waals surface area contributed by atoms with Crippen molar-refractivity contribution in [3.05, 3.63) is 80.1 Å². The second kappa shape index (κ2) is 5.24. The number of ether oxygens (including phenoxy) is 1. The molecule has 3 heterocycles. The standard InChI is InChI=1S/C17H13N3O3/c21-16-11(5-3-7-18-16)15-19-13-9-23-14-6-2-1-4-10(14)8-12(13)17(22)20-15/h1-7H,8-9H2,(H,18,21)(H,19,20,22). The molecule has 0 atom stereocenters. The molecule has 2 N–H and O–H groups in total. The van der Waals surface area contributed by atoms with Gasteiger partial charge in [0.05, 0.1) is 11.3 Å². The lowest BCUT2D eigenvalue weighted by Crippen LogP contribution is -2.21. The Bertz CT molecular complexity index is 1000. The summed E-state index contributed by atoms with van der Waals surface area (Å²) in [7, 11) is 0. The summed E-state index contributed by atoms with van der Waals surface area (Å²) in [5.74, 6) is 1.01. The van der Waals surface area contributed by atoms with Gasteiger partial charge in [0.1, 0.15) is 18.2 Å². The fourth-order valence-electron chi connectivity index (χ4n) is 2.71. The fraction of sp³-hybridized carbons (Fsp3) is 0.118. The summed E-state index contributed by atoms with van der Waals surface area (Å²) in [5.41, 5.74) is 1.87. The maximum absolute atomic E-state index is 12.5. The zero-order chi connectivity index (χ0) is 15.8. The number of benzene rings is 1. The number of H-pyrrole nitrogens is 2. The Kier molecular flexibility index (Phi) is 3.08. The van der Waals surface area contributed by atoms with Gasteiger partial charge in [0.2, 0.25) is 0 Å². The van der Waals surface area contributed by atoms with Crippen LogP contribution in [-0.2, 0) is 13.0 Å². The second-order valence-electron chi connectivity index (χ2n) is 5.33. The van der Waals surface area contributed by atoms with E-state index < -0.39 is 0 Å². The Hall–Kier alpha value is -3.15. The zero-order valence-corrected chi connectivity index (χ0v) is 12.1. The molecule has 0 saturated heterocycles. The molecule has 1 aliphatic heterocycles. The largest absolute Gasteiger partial charge is 0.487 e. The number of aromatic amines is 2. The molecule has 0 saturated carbocycles. The van der Waals surface area contributed by atoms with Gasteiger partial charge in [0.25, 0.3) is 11.1 Å². The van der Waals surface area contributed by atoms with Gasteiger partial charge in [-0.25, -0.2) is 4.98 Å². The third-order valence-corrected chi connectivity index (χ3v) is 3.88. The van der Waals surface area contributed by atoms with Gasteiger partial charge in [-0.3, -0.25) is 9.59 Å². The first-order chi connectivity index (χ1) is 11.2. The van der Waals surface area contributed by atoms with E-state index in [1.807, 2.05) is 24.3 Å². The molecule has 1 aromatic carbocycles. The number of aromatic nitrogens is 3. The van der Waals surface area contributed by atoms with Gasteiger partial charge in [0.15, 0.2) is 0 Å². The zero-order valence-electron chi connectivity index (χ0n) is 12.1. The van der Waals surface area contributed by atoms with Gasteiger partial charge in [0, 0.05) is 18.2 Å². The lowest BCUT2D eigenvalue weighted by Gasteiger charge is -2.06. The third-order valence-electron chi connectivity index (χ3n) is 3.88. The van der Waals surface area contributed by atoms with Crippen LogP contribution in [0.3, 0.4) is 0 Å².